The molecule has 0 radical (unpaired) electrons. The number of urea groups is 1. The Morgan fingerprint density at radius 2 is 2.17 bits per heavy atom. The van der Waals surface area contributed by atoms with Crippen LogP contribution in [0.3, 0.4) is 0 Å². The summed E-state index contributed by atoms with van der Waals surface area (Å²) in [5.74, 6) is 0.510. The smallest absolute Gasteiger partial charge is 0.354 e. The third-order valence-electron chi connectivity index (χ3n) is 5.87. The molecule has 2 unspecified atom stereocenters. The Balaban J connectivity index is 1.67. The second kappa shape index (κ2) is 8.35. The lowest BCUT2D eigenvalue weighted by atomic mass is 10.0. The molecule has 2 aliphatic carbocycles. The van der Waals surface area contributed by atoms with E-state index in [-0.39, 0.29) is 10.8 Å². The van der Waals surface area contributed by atoms with Gasteiger partial charge < -0.3 is 20.8 Å². The number of nitrogens with two attached hydrogens (primary N) is 1. The number of aromatic nitrogens is 1. The number of nitrogens with zero attached hydrogens (tertiary/aromatic N) is 2. The molecule has 2 heterocycles. The van der Waals surface area contributed by atoms with Crippen LogP contribution in [0.4, 0.5) is 10.5 Å². The molecular formula is C20H28N6O3S. The summed E-state index contributed by atoms with van der Waals surface area (Å²) in [7, 11) is -3.65. The minimum absolute atomic E-state index is 0.113. The van der Waals surface area contributed by atoms with E-state index < -0.39 is 15.9 Å². The zero-order valence-electron chi connectivity index (χ0n) is 17.1. The van der Waals surface area contributed by atoms with Crippen LogP contribution in [0.15, 0.2) is 15.2 Å². The highest BCUT2D eigenvalue weighted by Crippen LogP contribution is 2.41. The summed E-state index contributed by atoms with van der Waals surface area (Å²) in [5.41, 5.74) is 4.93. The lowest BCUT2D eigenvalue weighted by molar-refractivity contribution is 0.204. The van der Waals surface area contributed by atoms with Gasteiger partial charge in [0.15, 0.2) is 9.92 Å². The summed E-state index contributed by atoms with van der Waals surface area (Å²) in [6.45, 7) is 3.18. The number of anilines is 1. The van der Waals surface area contributed by atoms with Crippen molar-refractivity contribution in [2.45, 2.75) is 57.8 Å². The summed E-state index contributed by atoms with van der Waals surface area (Å²) >= 11 is 0. The summed E-state index contributed by atoms with van der Waals surface area (Å²) < 4.78 is 22.3. The molecule has 0 spiro atoms. The van der Waals surface area contributed by atoms with Gasteiger partial charge in [-0.15, -0.1) is 4.36 Å². The SMILES string of the molecule is CC1CCc2c1nc1c(c2NC(=O)N=S(N)(=O)/C(C=N)=C2/NCCCCO2)CCC1. The zero-order valence-corrected chi connectivity index (χ0v) is 17.9. The lowest BCUT2D eigenvalue weighted by Gasteiger charge is -2.16. The normalized spacial score (nSPS) is 23.7. The Bertz CT molecular complexity index is 1030. The first-order valence-corrected chi connectivity index (χ1v) is 12.0. The van der Waals surface area contributed by atoms with Gasteiger partial charge in [-0.05, 0) is 62.0 Å². The third-order valence-corrected chi connectivity index (χ3v) is 7.24. The molecule has 1 aliphatic heterocycles. The van der Waals surface area contributed by atoms with E-state index in [0.29, 0.717) is 19.1 Å². The Morgan fingerprint density at radius 3 is 2.97 bits per heavy atom. The van der Waals surface area contributed by atoms with Crippen molar-refractivity contribution in [3.8, 4) is 0 Å². The maximum Gasteiger partial charge on any atom is 0.354 e. The van der Waals surface area contributed by atoms with Crippen LogP contribution in [0.2, 0.25) is 0 Å². The van der Waals surface area contributed by atoms with Gasteiger partial charge >= 0.3 is 6.03 Å². The molecular weight excluding hydrogens is 404 g/mol. The molecule has 3 aliphatic rings. The van der Waals surface area contributed by atoms with Crippen molar-refractivity contribution in [3.05, 3.63) is 33.3 Å². The number of carbonyl (C=O) groups excluding carboxylic acids is 1. The number of rotatable bonds is 3. The van der Waals surface area contributed by atoms with Gasteiger partial charge in [-0.1, -0.05) is 6.92 Å². The summed E-state index contributed by atoms with van der Waals surface area (Å²) in [6, 6.07) is -0.780. The highest BCUT2D eigenvalue weighted by atomic mass is 32.2. The van der Waals surface area contributed by atoms with E-state index in [1.807, 2.05) is 0 Å². The fourth-order valence-electron chi connectivity index (χ4n) is 4.35. The van der Waals surface area contributed by atoms with Crippen molar-refractivity contribution in [1.82, 2.24) is 10.3 Å². The predicted molar refractivity (Wildman–Crippen MR) is 116 cm³/mol. The maximum absolute atomic E-state index is 13.1. The molecule has 0 bridgehead atoms. The van der Waals surface area contributed by atoms with Gasteiger partial charge in [0.1, 0.15) is 4.91 Å². The number of aryl methyl sites for hydroxylation is 1. The third kappa shape index (κ3) is 3.93. The zero-order chi connectivity index (χ0) is 21.3. The molecule has 9 nitrogen and oxygen atoms in total. The molecule has 2 amide bonds. The van der Waals surface area contributed by atoms with E-state index in [9.17, 15) is 9.00 Å². The van der Waals surface area contributed by atoms with Crippen molar-refractivity contribution < 1.29 is 13.7 Å². The topological polar surface area (TPSA) is 143 Å². The second-order valence-corrected chi connectivity index (χ2v) is 9.74. The predicted octanol–water partition coefficient (Wildman–Crippen LogP) is 2.71. The summed E-state index contributed by atoms with van der Waals surface area (Å²) in [6.07, 6.45) is 7.15. The van der Waals surface area contributed by atoms with Gasteiger partial charge in [-0.2, -0.15) is 0 Å². The minimum Gasteiger partial charge on any atom is -0.478 e. The molecule has 0 aromatic carbocycles. The first-order valence-electron chi connectivity index (χ1n) is 10.4. The van der Waals surface area contributed by atoms with Crippen molar-refractivity contribution in [2.24, 2.45) is 9.50 Å². The Kier molecular flexibility index (Phi) is 5.79. The Labute approximate surface area is 176 Å². The van der Waals surface area contributed by atoms with Crippen LogP contribution in [-0.4, -0.2) is 34.6 Å². The van der Waals surface area contributed by atoms with Gasteiger partial charge in [0.25, 0.3) is 0 Å². The van der Waals surface area contributed by atoms with E-state index in [1.165, 1.54) is 0 Å². The number of carbonyl (C=O) groups is 1. The monoisotopic (exact) mass is 432 g/mol. The van der Waals surface area contributed by atoms with E-state index >= 15 is 0 Å². The average molecular weight is 433 g/mol. The van der Waals surface area contributed by atoms with E-state index in [4.69, 9.17) is 20.3 Å². The lowest BCUT2D eigenvalue weighted by Crippen LogP contribution is -2.26. The average Bonchev–Trinajstić information content (AvgIpc) is 3.21. The van der Waals surface area contributed by atoms with Gasteiger partial charge in [0.05, 0.1) is 12.3 Å². The fourth-order valence-corrected chi connectivity index (χ4v) is 5.31. The molecule has 2 atom stereocenters. The van der Waals surface area contributed by atoms with Crippen LogP contribution in [0.1, 0.15) is 61.0 Å². The number of pyridine rings is 1. The highest BCUT2D eigenvalue weighted by molar-refractivity contribution is 7.96. The molecule has 1 fully saturated rings. The molecule has 1 aromatic heterocycles. The van der Waals surface area contributed by atoms with Crippen LogP contribution in [-0.2, 0) is 33.9 Å². The summed E-state index contributed by atoms with van der Waals surface area (Å²) in [4.78, 5) is 17.5. The van der Waals surface area contributed by atoms with Crippen LogP contribution in [0.25, 0.3) is 0 Å². The van der Waals surface area contributed by atoms with Gasteiger partial charge in [-0.25, -0.2) is 14.1 Å². The molecule has 1 saturated heterocycles. The number of fused-ring (bicyclic) bond motifs is 2. The number of ether oxygens (including phenoxy) is 1. The Hall–Kier alpha value is -2.46. The maximum atomic E-state index is 13.1. The van der Waals surface area contributed by atoms with Crippen molar-refractivity contribution in [1.29, 1.82) is 5.41 Å². The van der Waals surface area contributed by atoms with E-state index in [2.05, 4.69) is 21.9 Å². The standard InChI is InChI=1S/C20H28N6O3S/c1-12-7-8-14-17(12)24-15-6-4-5-13(15)18(14)25-20(27)26-30(22,28)16(11-21)19-23-9-2-3-10-29-19/h11-12,21,23H,2-10H2,1H3,(H3,22,24,25,26,27,28)/b19-16-,21-11?. The number of hydrogen-bond donors (Lipinski definition) is 4. The number of nitrogens with one attached hydrogen (secondary N) is 3. The molecule has 30 heavy (non-hydrogen) atoms. The Morgan fingerprint density at radius 1 is 1.33 bits per heavy atom. The molecule has 0 saturated carbocycles. The van der Waals surface area contributed by atoms with Crippen molar-refractivity contribution in [3.63, 3.8) is 0 Å². The van der Waals surface area contributed by atoms with Crippen LogP contribution >= 0.6 is 0 Å². The highest BCUT2D eigenvalue weighted by Gasteiger charge is 2.30. The molecule has 4 rings (SSSR count). The quantitative estimate of drug-likeness (QED) is 0.543. The number of amides is 2. The molecule has 5 N–H and O–H groups in total. The van der Waals surface area contributed by atoms with Crippen LogP contribution < -0.4 is 15.8 Å². The first-order chi connectivity index (χ1) is 14.4. The first kappa shape index (κ1) is 20.8. The van der Waals surface area contributed by atoms with Crippen molar-refractivity contribution in [2.75, 3.05) is 18.5 Å². The fraction of sp³-hybridized carbons (Fsp3) is 0.550. The molecule has 10 heteroatoms. The van der Waals surface area contributed by atoms with E-state index in [1.54, 1.807) is 0 Å². The van der Waals surface area contributed by atoms with Crippen LogP contribution in [0.5, 0.6) is 0 Å². The van der Waals surface area contributed by atoms with Crippen LogP contribution in [0, 0.1) is 5.41 Å². The number of allylic oxidation sites excluding steroid dienone is 1. The van der Waals surface area contributed by atoms with Gasteiger partial charge in [-0.3, -0.25) is 4.98 Å². The second-order valence-electron chi connectivity index (χ2n) is 7.98. The molecule has 1 aromatic rings. The summed E-state index contributed by atoms with van der Waals surface area (Å²) in [5, 5.41) is 19.4. The largest absolute Gasteiger partial charge is 0.478 e. The van der Waals surface area contributed by atoms with Gasteiger partial charge in [0.2, 0.25) is 5.88 Å². The molecule has 162 valence electrons. The minimum atomic E-state index is -3.65. The van der Waals surface area contributed by atoms with Gasteiger partial charge in [0, 0.05) is 24.1 Å². The number of hydrogen-bond acceptors (Lipinski definition) is 6. The van der Waals surface area contributed by atoms with E-state index in [0.717, 1.165) is 79.4 Å². The van der Waals surface area contributed by atoms with Crippen molar-refractivity contribution >= 4 is 27.8 Å².